The molecule has 0 aliphatic heterocycles. The molecule has 0 saturated carbocycles. The number of rotatable bonds is 7. The molecule has 1 aromatic rings. The monoisotopic (exact) mass is 289 g/mol. The summed E-state index contributed by atoms with van der Waals surface area (Å²) in [5, 5.41) is 20.2. The number of hydrogen-bond acceptors (Lipinski definition) is 4. The summed E-state index contributed by atoms with van der Waals surface area (Å²) in [5.74, 6) is -1.12. The number of carboxylic acids is 1. The topological polar surface area (TPSA) is 93.4 Å². The van der Waals surface area contributed by atoms with Crippen LogP contribution in [0.25, 0.3) is 0 Å². The van der Waals surface area contributed by atoms with Crippen molar-refractivity contribution in [3.05, 3.63) is 29.8 Å². The molecule has 0 unspecified atom stereocenters. The summed E-state index contributed by atoms with van der Waals surface area (Å²) in [6.07, 6.45) is -0.00459. The van der Waals surface area contributed by atoms with E-state index in [2.05, 4.69) is 5.32 Å². The molecule has 0 heterocycles. The van der Waals surface area contributed by atoms with Gasteiger partial charge in [-0.25, -0.2) is 0 Å². The molecule has 0 saturated heterocycles. The van der Waals surface area contributed by atoms with Gasteiger partial charge < -0.3 is 10.4 Å². The lowest BCUT2D eigenvalue weighted by Crippen LogP contribution is -2.39. The number of hydrogen-bond donors (Lipinski definition) is 2. The summed E-state index contributed by atoms with van der Waals surface area (Å²) in [6, 6.07) is 8.72. The molecular weight excluding hydrogens is 270 g/mol. The summed E-state index contributed by atoms with van der Waals surface area (Å²) in [7, 11) is 0. The van der Waals surface area contributed by atoms with Crippen molar-refractivity contribution < 1.29 is 14.7 Å². The number of aliphatic carboxylic acids is 1. The molecule has 2 N–H and O–H groups in total. The Morgan fingerprint density at radius 1 is 1.43 bits per heavy atom. The molecule has 0 aliphatic carbocycles. The third-order valence-electron chi connectivity index (χ3n) is 2.97. The van der Waals surface area contributed by atoms with Gasteiger partial charge in [0.05, 0.1) is 24.6 Å². The lowest BCUT2D eigenvalue weighted by molar-refractivity contribution is -0.137. The number of carboxylic acid groups (broad SMARTS) is 1. The van der Waals surface area contributed by atoms with Crippen molar-refractivity contribution in [3.63, 3.8) is 0 Å². The Kier molecular flexibility index (Phi) is 6.37. The smallest absolute Gasteiger partial charge is 0.304 e. The molecule has 0 atom stereocenters. The van der Waals surface area contributed by atoms with E-state index in [0.717, 1.165) is 0 Å². The van der Waals surface area contributed by atoms with Crippen LogP contribution in [0, 0.1) is 11.3 Å². The average molecular weight is 289 g/mol. The lowest BCUT2D eigenvalue weighted by atomic mass is 10.2. The molecule has 0 aliphatic rings. The van der Waals surface area contributed by atoms with Crippen molar-refractivity contribution in [2.24, 2.45) is 0 Å². The zero-order valence-corrected chi connectivity index (χ0v) is 12.2. The molecular formula is C15H19N3O3. The van der Waals surface area contributed by atoms with E-state index in [1.807, 2.05) is 19.9 Å². The van der Waals surface area contributed by atoms with Crippen LogP contribution in [0.2, 0.25) is 0 Å². The molecule has 21 heavy (non-hydrogen) atoms. The molecule has 0 fully saturated rings. The zero-order valence-electron chi connectivity index (χ0n) is 12.2. The highest BCUT2D eigenvalue weighted by Gasteiger charge is 2.15. The van der Waals surface area contributed by atoms with E-state index in [0.29, 0.717) is 17.8 Å². The molecule has 6 heteroatoms. The SMILES string of the molecule is CC(C)N(CCC(=O)O)CC(=O)Nc1cccc(C#N)c1. The van der Waals surface area contributed by atoms with Crippen molar-refractivity contribution >= 4 is 17.6 Å². The van der Waals surface area contributed by atoms with Crippen molar-refractivity contribution in [2.75, 3.05) is 18.4 Å². The average Bonchev–Trinajstić information content (AvgIpc) is 2.43. The molecule has 112 valence electrons. The van der Waals surface area contributed by atoms with E-state index in [-0.39, 0.29) is 24.9 Å². The summed E-state index contributed by atoms with van der Waals surface area (Å²) >= 11 is 0. The van der Waals surface area contributed by atoms with Gasteiger partial charge in [-0.3, -0.25) is 14.5 Å². The predicted octanol–water partition coefficient (Wildman–Crippen LogP) is 1.68. The molecule has 6 nitrogen and oxygen atoms in total. The maximum absolute atomic E-state index is 12.0. The van der Waals surface area contributed by atoms with Gasteiger partial charge in [-0.2, -0.15) is 5.26 Å². The first-order valence-corrected chi connectivity index (χ1v) is 6.68. The molecule has 0 spiro atoms. The predicted molar refractivity (Wildman–Crippen MR) is 78.7 cm³/mol. The Morgan fingerprint density at radius 2 is 2.14 bits per heavy atom. The standard InChI is InChI=1S/C15H19N3O3/c1-11(2)18(7-6-15(20)21)10-14(19)17-13-5-3-4-12(8-13)9-16/h3-5,8,11H,6-7,10H2,1-2H3,(H,17,19)(H,20,21). The number of benzene rings is 1. The van der Waals surface area contributed by atoms with E-state index in [4.69, 9.17) is 10.4 Å². The number of anilines is 1. The minimum absolute atomic E-state index is 0.00459. The first-order valence-electron chi connectivity index (χ1n) is 6.68. The van der Waals surface area contributed by atoms with Crippen molar-refractivity contribution in [2.45, 2.75) is 26.3 Å². The fourth-order valence-corrected chi connectivity index (χ4v) is 1.81. The van der Waals surface area contributed by atoms with Gasteiger partial charge in [-0.05, 0) is 32.0 Å². The summed E-state index contributed by atoms with van der Waals surface area (Å²) in [5.41, 5.74) is 1.03. The number of nitrogens with zero attached hydrogens (tertiary/aromatic N) is 2. The van der Waals surface area contributed by atoms with Crippen LogP contribution in [0.4, 0.5) is 5.69 Å². The molecule has 0 bridgehead atoms. The highest BCUT2D eigenvalue weighted by Crippen LogP contribution is 2.10. The minimum atomic E-state index is -0.886. The Bertz CT molecular complexity index is 549. The van der Waals surface area contributed by atoms with Crippen LogP contribution in [-0.2, 0) is 9.59 Å². The largest absolute Gasteiger partial charge is 0.481 e. The molecule has 0 aromatic heterocycles. The molecule has 1 aromatic carbocycles. The maximum atomic E-state index is 12.0. The summed E-state index contributed by atoms with van der Waals surface area (Å²) in [4.78, 5) is 24.4. The van der Waals surface area contributed by atoms with Crippen LogP contribution in [-0.4, -0.2) is 41.0 Å². The van der Waals surface area contributed by atoms with E-state index in [1.54, 1.807) is 29.2 Å². The Hall–Kier alpha value is -2.39. The second-order valence-corrected chi connectivity index (χ2v) is 4.95. The molecule has 1 rings (SSSR count). The highest BCUT2D eigenvalue weighted by molar-refractivity contribution is 5.92. The third kappa shape index (κ3) is 6.06. The Morgan fingerprint density at radius 3 is 2.71 bits per heavy atom. The third-order valence-corrected chi connectivity index (χ3v) is 2.97. The van der Waals surface area contributed by atoms with Crippen LogP contribution in [0.1, 0.15) is 25.8 Å². The zero-order chi connectivity index (χ0) is 15.8. The Balaban J connectivity index is 2.61. The van der Waals surface area contributed by atoms with Crippen molar-refractivity contribution in [3.8, 4) is 6.07 Å². The molecule has 1 amide bonds. The van der Waals surface area contributed by atoms with Crippen molar-refractivity contribution in [1.82, 2.24) is 4.90 Å². The van der Waals surface area contributed by atoms with Gasteiger partial charge in [0, 0.05) is 18.3 Å². The highest BCUT2D eigenvalue weighted by atomic mass is 16.4. The quantitative estimate of drug-likeness (QED) is 0.796. The fourth-order valence-electron chi connectivity index (χ4n) is 1.81. The van der Waals surface area contributed by atoms with Gasteiger partial charge in [0.1, 0.15) is 0 Å². The van der Waals surface area contributed by atoms with Gasteiger partial charge >= 0.3 is 5.97 Å². The van der Waals surface area contributed by atoms with E-state index in [9.17, 15) is 9.59 Å². The van der Waals surface area contributed by atoms with Gasteiger partial charge in [-0.1, -0.05) is 6.07 Å². The number of carbonyl (C=O) groups is 2. The Labute approximate surface area is 124 Å². The second kappa shape index (κ2) is 8.02. The first-order chi connectivity index (χ1) is 9.92. The van der Waals surface area contributed by atoms with E-state index < -0.39 is 5.97 Å². The number of carbonyl (C=O) groups excluding carboxylic acids is 1. The summed E-state index contributed by atoms with van der Waals surface area (Å²) in [6.45, 7) is 4.25. The minimum Gasteiger partial charge on any atom is -0.481 e. The van der Waals surface area contributed by atoms with Gasteiger partial charge in [0.15, 0.2) is 0 Å². The van der Waals surface area contributed by atoms with Crippen LogP contribution in [0.3, 0.4) is 0 Å². The van der Waals surface area contributed by atoms with Crippen LogP contribution >= 0.6 is 0 Å². The number of nitriles is 1. The maximum Gasteiger partial charge on any atom is 0.304 e. The number of amides is 1. The van der Waals surface area contributed by atoms with Gasteiger partial charge in [-0.15, -0.1) is 0 Å². The van der Waals surface area contributed by atoms with Crippen molar-refractivity contribution in [1.29, 1.82) is 5.26 Å². The van der Waals surface area contributed by atoms with E-state index in [1.165, 1.54) is 0 Å². The fraction of sp³-hybridized carbons (Fsp3) is 0.400. The van der Waals surface area contributed by atoms with Crippen LogP contribution in [0.15, 0.2) is 24.3 Å². The van der Waals surface area contributed by atoms with Crippen LogP contribution < -0.4 is 5.32 Å². The summed E-state index contributed by atoms with van der Waals surface area (Å²) < 4.78 is 0. The van der Waals surface area contributed by atoms with Gasteiger partial charge in [0.25, 0.3) is 0 Å². The first kappa shape index (κ1) is 16.7. The second-order valence-electron chi connectivity index (χ2n) is 4.95. The normalized spacial score (nSPS) is 10.4. The molecule has 0 radical (unpaired) electrons. The lowest BCUT2D eigenvalue weighted by Gasteiger charge is -2.25. The van der Waals surface area contributed by atoms with E-state index >= 15 is 0 Å². The van der Waals surface area contributed by atoms with Gasteiger partial charge in [0.2, 0.25) is 5.91 Å². The van der Waals surface area contributed by atoms with Crippen LogP contribution in [0.5, 0.6) is 0 Å². The number of nitrogens with one attached hydrogen (secondary N) is 1.